The molecule has 3 rings (SSSR count). The molecule has 0 saturated carbocycles. The van der Waals surface area contributed by atoms with Crippen LogP contribution in [0.25, 0.3) is 0 Å². The van der Waals surface area contributed by atoms with E-state index in [1.54, 1.807) is 7.11 Å². The summed E-state index contributed by atoms with van der Waals surface area (Å²) in [6, 6.07) is 8.84. The number of nitrogens with zero attached hydrogens (tertiary/aromatic N) is 4. The molecule has 2 N–H and O–H groups in total. The lowest BCUT2D eigenvalue weighted by Crippen LogP contribution is -2.43. The summed E-state index contributed by atoms with van der Waals surface area (Å²) in [6.45, 7) is 12.8. The topological polar surface area (TPSA) is 55.4 Å². The zero-order chi connectivity index (χ0) is 22.6. The maximum atomic E-state index is 5.36. The number of benzene rings is 1. The van der Waals surface area contributed by atoms with Gasteiger partial charge in [-0.1, -0.05) is 18.6 Å². The molecule has 33 heavy (non-hydrogen) atoms. The molecule has 0 aliphatic carbocycles. The summed E-state index contributed by atoms with van der Waals surface area (Å²) in [4.78, 5) is 12.6. The van der Waals surface area contributed by atoms with Crippen molar-refractivity contribution in [1.29, 1.82) is 0 Å². The van der Waals surface area contributed by atoms with Crippen LogP contribution in [0.5, 0.6) is 5.75 Å². The lowest BCUT2D eigenvalue weighted by Gasteiger charge is -2.34. The zero-order valence-electron chi connectivity index (χ0n) is 20.9. The van der Waals surface area contributed by atoms with Gasteiger partial charge in [0.15, 0.2) is 5.96 Å². The van der Waals surface area contributed by atoms with E-state index in [0.717, 1.165) is 64.1 Å². The highest BCUT2D eigenvalue weighted by molar-refractivity contribution is 14.0. The van der Waals surface area contributed by atoms with Gasteiger partial charge in [0.05, 0.1) is 19.7 Å². The number of hydrogen-bond acceptors (Lipinski definition) is 5. The van der Waals surface area contributed by atoms with Gasteiger partial charge in [-0.3, -0.25) is 9.89 Å². The Labute approximate surface area is 218 Å². The number of nitrogens with one attached hydrogen (secondary N) is 2. The molecule has 188 valence electrons. The van der Waals surface area contributed by atoms with Crippen LogP contribution in [-0.2, 0) is 0 Å². The fraction of sp³-hybridized carbons (Fsp3) is 0.720. The average Bonchev–Trinajstić information content (AvgIpc) is 3.04. The Hall–Kier alpha value is -1.10. The van der Waals surface area contributed by atoms with Crippen LogP contribution < -0.4 is 15.4 Å². The van der Waals surface area contributed by atoms with Crippen molar-refractivity contribution < 1.29 is 4.74 Å². The van der Waals surface area contributed by atoms with Crippen LogP contribution in [0.4, 0.5) is 0 Å². The second-order valence-electron chi connectivity index (χ2n) is 9.03. The van der Waals surface area contributed by atoms with Crippen molar-refractivity contribution in [2.24, 2.45) is 4.99 Å². The largest absolute Gasteiger partial charge is 0.497 e. The number of likely N-dealkylation sites (tertiary alicyclic amines) is 1. The summed E-state index contributed by atoms with van der Waals surface area (Å²) in [5.74, 6) is 1.83. The van der Waals surface area contributed by atoms with Crippen molar-refractivity contribution in [2.45, 2.75) is 38.6 Å². The first-order valence-corrected chi connectivity index (χ1v) is 12.5. The number of piperidine rings is 1. The van der Waals surface area contributed by atoms with E-state index in [0.29, 0.717) is 6.04 Å². The summed E-state index contributed by atoms with van der Waals surface area (Å²) in [5.41, 5.74) is 1.32. The highest BCUT2D eigenvalue weighted by Gasteiger charge is 2.22. The van der Waals surface area contributed by atoms with E-state index in [1.165, 1.54) is 44.3 Å². The Balaban J connectivity index is 0.00000385. The van der Waals surface area contributed by atoms with Crippen molar-refractivity contribution in [1.82, 2.24) is 25.3 Å². The Kier molecular flexibility index (Phi) is 13.4. The number of methoxy groups -OCH3 is 1. The monoisotopic (exact) mass is 572 g/mol. The summed E-state index contributed by atoms with van der Waals surface area (Å²) in [7, 11) is 3.94. The lowest BCUT2D eigenvalue weighted by atomic mass is 10.0. The van der Waals surface area contributed by atoms with Crippen LogP contribution in [0, 0.1) is 0 Å². The molecule has 1 unspecified atom stereocenters. The number of ether oxygens (including phenoxy) is 1. The van der Waals surface area contributed by atoms with Gasteiger partial charge in [0, 0.05) is 32.7 Å². The van der Waals surface area contributed by atoms with Crippen LogP contribution in [0.3, 0.4) is 0 Å². The molecule has 1 aromatic rings. The maximum Gasteiger partial charge on any atom is 0.191 e. The normalized spacial score (nSPS) is 19.9. The van der Waals surface area contributed by atoms with Gasteiger partial charge in [-0.2, -0.15) is 0 Å². The zero-order valence-corrected chi connectivity index (χ0v) is 23.2. The van der Waals surface area contributed by atoms with E-state index >= 15 is 0 Å². The molecule has 1 aromatic carbocycles. The van der Waals surface area contributed by atoms with Gasteiger partial charge in [-0.15, -0.1) is 24.0 Å². The number of guanidine groups is 1. The lowest BCUT2D eigenvalue weighted by molar-refractivity contribution is 0.167. The second kappa shape index (κ2) is 15.7. The number of halogens is 1. The molecule has 2 heterocycles. The van der Waals surface area contributed by atoms with Crippen molar-refractivity contribution in [2.75, 3.05) is 79.6 Å². The molecule has 8 heteroatoms. The van der Waals surface area contributed by atoms with Crippen LogP contribution >= 0.6 is 24.0 Å². The van der Waals surface area contributed by atoms with Crippen molar-refractivity contribution in [3.8, 4) is 5.75 Å². The minimum absolute atomic E-state index is 0. The van der Waals surface area contributed by atoms with E-state index in [2.05, 4.69) is 63.6 Å². The van der Waals surface area contributed by atoms with E-state index < -0.39 is 0 Å². The third-order valence-corrected chi connectivity index (χ3v) is 6.63. The molecule has 0 radical (unpaired) electrons. The Morgan fingerprint density at radius 3 is 2.42 bits per heavy atom. The molecule has 2 fully saturated rings. The molecular formula is C25H45IN6O. The Bertz CT molecular complexity index is 680. The molecule has 0 spiro atoms. The van der Waals surface area contributed by atoms with E-state index in [-0.39, 0.29) is 24.0 Å². The summed E-state index contributed by atoms with van der Waals surface area (Å²) < 4.78 is 5.36. The van der Waals surface area contributed by atoms with Crippen LogP contribution in [-0.4, -0.2) is 100 Å². The van der Waals surface area contributed by atoms with Crippen molar-refractivity contribution >= 4 is 29.9 Å². The number of likely N-dealkylation sites (N-methyl/N-ethyl adjacent to an activating group) is 1. The Morgan fingerprint density at radius 2 is 1.73 bits per heavy atom. The maximum absolute atomic E-state index is 5.36. The molecule has 2 aliphatic heterocycles. The summed E-state index contributed by atoms with van der Waals surface area (Å²) >= 11 is 0. The van der Waals surface area contributed by atoms with Gasteiger partial charge in [0.25, 0.3) is 0 Å². The summed E-state index contributed by atoms with van der Waals surface area (Å²) in [6.07, 6.45) is 5.15. The third kappa shape index (κ3) is 9.58. The van der Waals surface area contributed by atoms with Gasteiger partial charge in [0.1, 0.15) is 5.75 Å². The van der Waals surface area contributed by atoms with Gasteiger partial charge in [-0.05, 0) is 77.1 Å². The molecule has 2 aliphatic rings. The minimum Gasteiger partial charge on any atom is -0.497 e. The standard InChI is InChI=1S/C25H44N6O.HI/c1-4-26-25(27-13-18-30-15-8-14-29(2)19-20-30)28-21-24(31-16-6-5-7-17-31)22-9-11-23(32-3)12-10-22;/h9-12,24H,4-8,13-21H2,1-3H3,(H2,26,27,28);1H. The van der Waals surface area contributed by atoms with Crippen molar-refractivity contribution in [3.63, 3.8) is 0 Å². The second-order valence-corrected chi connectivity index (χ2v) is 9.03. The molecule has 0 amide bonds. The molecule has 0 aromatic heterocycles. The van der Waals surface area contributed by atoms with Gasteiger partial charge < -0.3 is 25.2 Å². The molecule has 0 bridgehead atoms. The quantitative estimate of drug-likeness (QED) is 0.270. The first-order valence-electron chi connectivity index (χ1n) is 12.5. The highest BCUT2D eigenvalue weighted by Crippen LogP contribution is 2.26. The highest BCUT2D eigenvalue weighted by atomic mass is 127. The first kappa shape index (κ1) is 28.1. The van der Waals surface area contributed by atoms with E-state index in [1.807, 2.05) is 0 Å². The Morgan fingerprint density at radius 1 is 0.970 bits per heavy atom. The van der Waals surface area contributed by atoms with Gasteiger partial charge in [0.2, 0.25) is 0 Å². The van der Waals surface area contributed by atoms with Crippen LogP contribution in [0.2, 0.25) is 0 Å². The molecule has 7 nitrogen and oxygen atoms in total. The predicted molar refractivity (Wildman–Crippen MR) is 149 cm³/mol. The minimum atomic E-state index is 0. The average molecular weight is 573 g/mol. The van der Waals surface area contributed by atoms with Crippen LogP contribution in [0.15, 0.2) is 29.3 Å². The first-order chi connectivity index (χ1) is 15.7. The van der Waals surface area contributed by atoms with E-state index in [4.69, 9.17) is 9.73 Å². The number of hydrogen-bond donors (Lipinski definition) is 2. The van der Waals surface area contributed by atoms with Gasteiger partial charge in [-0.25, -0.2) is 0 Å². The van der Waals surface area contributed by atoms with Gasteiger partial charge >= 0.3 is 0 Å². The van der Waals surface area contributed by atoms with Crippen LogP contribution in [0.1, 0.15) is 44.2 Å². The third-order valence-electron chi connectivity index (χ3n) is 6.63. The predicted octanol–water partition coefficient (Wildman–Crippen LogP) is 3.03. The smallest absolute Gasteiger partial charge is 0.191 e. The summed E-state index contributed by atoms with van der Waals surface area (Å²) in [5, 5.41) is 7.01. The SMILES string of the molecule is CCNC(=NCC(c1ccc(OC)cc1)N1CCCCC1)NCCN1CCCN(C)CC1.I. The molecule has 1 atom stereocenters. The van der Waals surface area contributed by atoms with Crippen molar-refractivity contribution in [3.05, 3.63) is 29.8 Å². The molecule has 2 saturated heterocycles. The fourth-order valence-corrected chi connectivity index (χ4v) is 4.66. The number of rotatable bonds is 9. The fourth-order valence-electron chi connectivity index (χ4n) is 4.66. The number of aliphatic imine (C=N–C) groups is 1. The molecular weight excluding hydrogens is 527 g/mol. The van der Waals surface area contributed by atoms with E-state index in [9.17, 15) is 0 Å².